The molecule has 0 aromatic carbocycles. The van der Waals surface area contributed by atoms with Gasteiger partial charge in [0.15, 0.2) is 0 Å². The lowest BCUT2D eigenvalue weighted by Gasteiger charge is -2.31. The van der Waals surface area contributed by atoms with Crippen LogP contribution in [0.3, 0.4) is 0 Å². The van der Waals surface area contributed by atoms with Gasteiger partial charge in [0, 0.05) is 37.7 Å². The van der Waals surface area contributed by atoms with Crippen LogP contribution in [-0.2, 0) is 19.6 Å². The molecule has 2 aromatic rings. The van der Waals surface area contributed by atoms with Crippen LogP contribution in [0, 0.1) is 6.92 Å². The summed E-state index contributed by atoms with van der Waals surface area (Å²) in [7, 11) is 0. The zero-order valence-electron chi connectivity index (χ0n) is 10.5. The van der Waals surface area contributed by atoms with E-state index in [1.54, 1.807) is 0 Å². The van der Waals surface area contributed by atoms with Gasteiger partial charge in [-0.15, -0.1) is 0 Å². The maximum absolute atomic E-state index is 5.77. The van der Waals surface area contributed by atoms with Crippen LogP contribution in [0.25, 0.3) is 0 Å². The smallest absolute Gasteiger partial charge is 0.106 e. The standard InChI is InChI=1S/C13H17N5/c1-10-16-12(8-14)13-9-17(6-7-18(10)13)11-2-4-15-5-3-11/h2-5H,6-9,14H2,1H3. The Morgan fingerprint density at radius 2 is 2.06 bits per heavy atom. The van der Waals surface area contributed by atoms with Gasteiger partial charge >= 0.3 is 0 Å². The predicted molar refractivity (Wildman–Crippen MR) is 70.1 cm³/mol. The van der Waals surface area contributed by atoms with E-state index in [1.165, 1.54) is 11.4 Å². The summed E-state index contributed by atoms with van der Waals surface area (Å²) in [5.41, 5.74) is 9.24. The molecule has 5 heteroatoms. The van der Waals surface area contributed by atoms with Crippen molar-refractivity contribution in [1.29, 1.82) is 0 Å². The number of nitrogens with zero attached hydrogens (tertiary/aromatic N) is 4. The third-order valence-corrected chi connectivity index (χ3v) is 3.50. The highest BCUT2D eigenvalue weighted by molar-refractivity contribution is 5.46. The normalized spacial score (nSPS) is 14.7. The first-order valence-corrected chi connectivity index (χ1v) is 6.19. The van der Waals surface area contributed by atoms with E-state index < -0.39 is 0 Å². The van der Waals surface area contributed by atoms with Gasteiger partial charge in [-0.05, 0) is 19.1 Å². The molecule has 0 radical (unpaired) electrons. The van der Waals surface area contributed by atoms with E-state index in [4.69, 9.17) is 5.73 Å². The van der Waals surface area contributed by atoms with Crippen LogP contribution in [0.4, 0.5) is 5.69 Å². The highest BCUT2D eigenvalue weighted by atomic mass is 15.2. The molecule has 5 nitrogen and oxygen atoms in total. The van der Waals surface area contributed by atoms with Crippen molar-refractivity contribution in [1.82, 2.24) is 14.5 Å². The Morgan fingerprint density at radius 3 is 2.78 bits per heavy atom. The van der Waals surface area contributed by atoms with Crippen molar-refractivity contribution in [3.05, 3.63) is 41.7 Å². The maximum atomic E-state index is 5.77. The van der Waals surface area contributed by atoms with Gasteiger partial charge in [-0.25, -0.2) is 4.98 Å². The molecule has 3 heterocycles. The quantitative estimate of drug-likeness (QED) is 0.857. The van der Waals surface area contributed by atoms with E-state index in [-0.39, 0.29) is 0 Å². The monoisotopic (exact) mass is 243 g/mol. The predicted octanol–water partition coefficient (Wildman–Crippen LogP) is 1.07. The third kappa shape index (κ3) is 1.76. The van der Waals surface area contributed by atoms with E-state index >= 15 is 0 Å². The van der Waals surface area contributed by atoms with E-state index in [9.17, 15) is 0 Å². The van der Waals surface area contributed by atoms with Gasteiger partial charge in [-0.1, -0.05) is 0 Å². The molecule has 0 unspecified atom stereocenters. The van der Waals surface area contributed by atoms with Crippen molar-refractivity contribution in [2.45, 2.75) is 26.6 Å². The van der Waals surface area contributed by atoms with Crippen molar-refractivity contribution in [3.8, 4) is 0 Å². The first kappa shape index (κ1) is 11.2. The first-order valence-electron chi connectivity index (χ1n) is 6.19. The molecule has 2 N–H and O–H groups in total. The summed E-state index contributed by atoms with van der Waals surface area (Å²) in [5, 5.41) is 0. The molecule has 0 amide bonds. The number of hydrogen-bond donors (Lipinski definition) is 1. The highest BCUT2D eigenvalue weighted by Crippen LogP contribution is 2.23. The van der Waals surface area contributed by atoms with Gasteiger partial charge in [-0.2, -0.15) is 0 Å². The number of aryl methyl sites for hydroxylation is 1. The van der Waals surface area contributed by atoms with Crippen LogP contribution in [0.15, 0.2) is 24.5 Å². The molecule has 0 saturated carbocycles. The van der Waals surface area contributed by atoms with Crippen LogP contribution in [0.5, 0.6) is 0 Å². The molecule has 18 heavy (non-hydrogen) atoms. The van der Waals surface area contributed by atoms with E-state index in [0.29, 0.717) is 6.54 Å². The number of aromatic nitrogens is 3. The molecule has 0 saturated heterocycles. The summed E-state index contributed by atoms with van der Waals surface area (Å²) < 4.78 is 2.28. The van der Waals surface area contributed by atoms with Crippen molar-refractivity contribution in [2.75, 3.05) is 11.4 Å². The fourth-order valence-corrected chi connectivity index (χ4v) is 2.56. The van der Waals surface area contributed by atoms with Crippen LogP contribution < -0.4 is 10.6 Å². The lowest BCUT2D eigenvalue weighted by atomic mass is 10.2. The minimum absolute atomic E-state index is 0.507. The van der Waals surface area contributed by atoms with Gasteiger partial charge in [-0.3, -0.25) is 4.98 Å². The Hall–Kier alpha value is -1.88. The molecule has 0 atom stereocenters. The SMILES string of the molecule is Cc1nc(CN)c2n1CCN(c1ccncc1)C2. The molecule has 1 aliphatic heterocycles. The van der Waals surface area contributed by atoms with Crippen molar-refractivity contribution in [3.63, 3.8) is 0 Å². The summed E-state index contributed by atoms with van der Waals surface area (Å²) in [4.78, 5) is 10.9. The minimum Gasteiger partial charge on any atom is -0.364 e. The maximum Gasteiger partial charge on any atom is 0.106 e. The Bertz CT molecular complexity index is 546. The topological polar surface area (TPSA) is 60.0 Å². The third-order valence-electron chi connectivity index (χ3n) is 3.50. The molecule has 0 bridgehead atoms. The van der Waals surface area contributed by atoms with Crippen LogP contribution in [0.2, 0.25) is 0 Å². The summed E-state index contributed by atoms with van der Waals surface area (Å²) in [6.07, 6.45) is 3.66. The second-order valence-corrected chi connectivity index (χ2v) is 4.54. The van der Waals surface area contributed by atoms with Crippen molar-refractivity contribution < 1.29 is 0 Å². The highest BCUT2D eigenvalue weighted by Gasteiger charge is 2.21. The fraction of sp³-hybridized carbons (Fsp3) is 0.385. The molecule has 94 valence electrons. The fourth-order valence-electron chi connectivity index (χ4n) is 2.56. The Labute approximate surface area is 106 Å². The first-order chi connectivity index (χ1) is 8.79. The zero-order chi connectivity index (χ0) is 12.5. The molecule has 0 aliphatic carbocycles. The van der Waals surface area contributed by atoms with Gasteiger partial charge in [0.1, 0.15) is 5.82 Å². The number of hydrogen-bond acceptors (Lipinski definition) is 4. The molecule has 0 fully saturated rings. The van der Waals surface area contributed by atoms with Gasteiger partial charge in [0.25, 0.3) is 0 Å². The number of anilines is 1. The van der Waals surface area contributed by atoms with Crippen LogP contribution >= 0.6 is 0 Å². The van der Waals surface area contributed by atoms with Crippen molar-refractivity contribution in [2.24, 2.45) is 5.73 Å². The average Bonchev–Trinajstić information content (AvgIpc) is 2.76. The lowest BCUT2D eigenvalue weighted by molar-refractivity contribution is 0.557. The van der Waals surface area contributed by atoms with Crippen LogP contribution in [-0.4, -0.2) is 21.1 Å². The van der Waals surface area contributed by atoms with E-state index in [0.717, 1.165) is 31.2 Å². The Balaban J connectivity index is 1.93. The number of fused-ring (bicyclic) bond motifs is 1. The lowest BCUT2D eigenvalue weighted by Crippen LogP contribution is -2.34. The molecule has 1 aliphatic rings. The van der Waals surface area contributed by atoms with Gasteiger partial charge in [0.05, 0.1) is 17.9 Å². The molecular weight excluding hydrogens is 226 g/mol. The number of imidazole rings is 1. The molecule has 2 aromatic heterocycles. The molecule has 3 rings (SSSR count). The second kappa shape index (κ2) is 4.42. The zero-order valence-corrected chi connectivity index (χ0v) is 10.5. The van der Waals surface area contributed by atoms with Crippen molar-refractivity contribution >= 4 is 5.69 Å². The number of nitrogens with two attached hydrogens (primary N) is 1. The average molecular weight is 243 g/mol. The molecular formula is C13H17N5. The summed E-state index contributed by atoms with van der Waals surface area (Å²) in [5.74, 6) is 1.07. The molecule has 0 spiro atoms. The second-order valence-electron chi connectivity index (χ2n) is 4.54. The summed E-state index contributed by atoms with van der Waals surface area (Å²) in [6.45, 7) is 5.39. The number of rotatable bonds is 2. The Morgan fingerprint density at radius 1 is 1.28 bits per heavy atom. The summed E-state index contributed by atoms with van der Waals surface area (Å²) in [6, 6.07) is 4.09. The summed E-state index contributed by atoms with van der Waals surface area (Å²) >= 11 is 0. The Kier molecular flexibility index (Phi) is 2.76. The van der Waals surface area contributed by atoms with Gasteiger partial charge in [0.2, 0.25) is 0 Å². The van der Waals surface area contributed by atoms with E-state index in [2.05, 4.69) is 19.4 Å². The van der Waals surface area contributed by atoms with Gasteiger partial charge < -0.3 is 15.2 Å². The van der Waals surface area contributed by atoms with E-state index in [1.807, 2.05) is 31.5 Å². The minimum atomic E-state index is 0.507. The largest absolute Gasteiger partial charge is 0.364 e. The van der Waals surface area contributed by atoms with Crippen LogP contribution in [0.1, 0.15) is 17.2 Å². The number of pyridine rings is 1.